The average molecular weight is 236 g/mol. The van der Waals surface area contributed by atoms with Crippen LogP contribution in [0.1, 0.15) is 6.42 Å². The topological polar surface area (TPSA) is 59.3 Å². The fraction of sp³-hybridized carbons (Fsp3) is 0.250. The summed E-state index contributed by atoms with van der Waals surface area (Å²) in [7, 11) is 0. The molecule has 0 unspecified atom stereocenters. The summed E-state index contributed by atoms with van der Waals surface area (Å²) in [5.41, 5.74) is -0.433. The monoisotopic (exact) mass is 235 g/mol. The molecule has 0 spiro atoms. The number of hydrogen-bond acceptors (Lipinski definition) is 2. The third-order valence-corrected chi connectivity index (χ3v) is 2.05. The third-order valence-electron chi connectivity index (χ3n) is 1.58. The van der Waals surface area contributed by atoms with Gasteiger partial charge in [-0.15, -0.1) is 0 Å². The average Bonchev–Trinajstić information content (AvgIpc) is 2.08. The molecule has 0 saturated heterocycles. The zero-order valence-corrected chi connectivity index (χ0v) is 8.55. The largest absolute Gasteiger partial charge is 0.481 e. The molecule has 1 N–H and O–H groups in total. The van der Waals surface area contributed by atoms with Crippen molar-refractivity contribution in [1.82, 2.24) is 4.57 Å². The number of hydrogen-bond donors (Lipinski definition) is 1. The summed E-state index contributed by atoms with van der Waals surface area (Å²) in [5, 5.41) is 8.72. The van der Waals surface area contributed by atoms with Crippen LogP contribution in [-0.2, 0) is 11.3 Å². The van der Waals surface area contributed by atoms with E-state index in [9.17, 15) is 9.59 Å². The number of aryl methyl sites for hydroxylation is 1. The Kier molecular flexibility index (Phi) is 3.55. The molecule has 0 bridgehead atoms. The lowest BCUT2D eigenvalue weighted by Gasteiger charge is -2.04. The summed E-state index contributed by atoms with van der Waals surface area (Å²) in [6, 6.07) is 1.32. The minimum Gasteiger partial charge on any atom is -0.481 e. The highest BCUT2D eigenvalue weighted by Gasteiger charge is 2.05. The van der Waals surface area contributed by atoms with Crippen molar-refractivity contribution in [3.8, 4) is 0 Å². The molecule has 14 heavy (non-hydrogen) atoms. The summed E-state index contributed by atoms with van der Waals surface area (Å²) in [6.07, 6.45) is 1.22. The van der Waals surface area contributed by atoms with Crippen molar-refractivity contribution in [3.63, 3.8) is 0 Å². The van der Waals surface area contributed by atoms with E-state index in [0.717, 1.165) is 0 Å². The Morgan fingerprint density at radius 3 is 2.71 bits per heavy atom. The van der Waals surface area contributed by atoms with Gasteiger partial charge >= 0.3 is 5.97 Å². The molecule has 76 valence electrons. The SMILES string of the molecule is O=C(O)CCn1cc(Cl)cc(Cl)c1=O. The minimum absolute atomic E-state index is 0.0112. The smallest absolute Gasteiger partial charge is 0.305 e. The normalized spacial score (nSPS) is 10.1. The van der Waals surface area contributed by atoms with Crippen LogP contribution in [-0.4, -0.2) is 15.6 Å². The number of pyridine rings is 1. The van der Waals surface area contributed by atoms with Gasteiger partial charge < -0.3 is 9.67 Å². The summed E-state index contributed by atoms with van der Waals surface area (Å²) in [6.45, 7) is 0.0639. The first-order valence-electron chi connectivity index (χ1n) is 3.78. The molecule has 0 radical (unpaired) electrons. The van der Waals surface area contributed by atoms with E-state index in [1.165, 1.54) is 16.8 Å². The van der Waals surface area contributed by atoms with Crippen LogP contribution in [0, 0.1) is 0 Å². The Balaban J connectivity index is 2.97. The van der Waals surface area contributed by atoms with E-state index >= 15 is 0 Å². The van der Waals surface area contributed by atoms with Crippen molar-refractivity contribution in [2.24, 2.45) is 0 Å². The Morgan fingerprint density at radius 2 is 2.14 bits per heavy atom. The van der Waals surface area contributed by atoms with Crippen molar-refractivity contribution in [2.45, 2.75) is 13.0 Å². The van der Waals surface area contributed by atoms with Gasteiger partial charge in [0.05, 0.1) is 11.4 Å². The lowest BCUT2D eigenvalue weighted by molar-refractivity contribution is -0.137. The summed E-state index contributed by atoms with van der Waals surface area (Å²) in [4.78, 5) is 21.6. The zero-order chi connectivity index (χ0) is 10.7. The molecule has 1 aromatic heterocycles. The van der Waals surface area contributed by atoms with E-state index in [1.54, 1.807) is 0 Å². The standard InChI is InChI=1S/C8H7Cl2NO3/c9-5-3-6(10)8(14)11(4-5)2-1-7(12)13/h3-4H,1-2H2,(H,12,13). The highest BCUT2D eigenvalue weighted by Crippen LogP contribution is 2.11. The van der Waals surface area contributed by atoms with Crippen molar-refractivity contribution >= 4 is 29.2 Å². The maximum Gasteiger partial charge on any atom is 0.305 e. The highest BCUT2D eigenvalue weighted by molar-refractivity contribution is 6.34. The van der Waals surface area contributed by atoms with Crippen LogP contribution >= 0.6 is 23.2 Å². The summed E-state index contributed by atoms with van der Waals surface area (Å²) >= 11 is 11.2. The van der Waals surface area contributed by atoms with Crippen molar-refractivity contribution in [2.75, 3.05) is 0 Å². The molecule has 0 fully saturated rings. The predicted octanol–water partition coefficient (Wildman–Crippen LogP) is 1.63. The van der Waals surface area contributed by atoms with Gasteiger partial charge in [-0.05, 0) is 6.07 Å². The number of carbonyl (C=O) groups is 1. The maximum absolute atomic E-state index is 11.3. The quantitative estimate of drug-likeness (QED) is 0.867. The van der Waals surface area contributed by atoms with E-state index in [0.29, 0.717) is 5.02 Å². The second kappa shape index (κ2) is 4.48. The van der Waals surface area contributed by atoms with Crippen LogP contribution in [0.3, 0.4) is 0 Å². The van der Waals surface area contributed by atoms with Crippen LogP contribution in [0.15, 0.2) is 17.1 Å². The number of aromatic nitrogens is 1. The molecule has 0 amide bonds. The van der Waals surface area contributed by atoms with Gasteiger partial charge in [-0.2, -0.15) is 0 Å². The van der Waals surface area contributed by atoms with Crippen LogP contribution in [0.2, 0.25) is 10.0 Å². The molecule has 1 rings (SSSR count). The first kappa shape index (κ1) is 11.1. The molecule has 1 aromatic rings. The molecule has 4 nitrogen and oxygen atoms in total. The minimum atomic E-state index is -0.979. The maximum atomic E-state index is 11.3. The summed E-state index contributed by atoms with van der Waals surface area (Å²) < 4.78 is 1.18. The summed E-state index contributed by atoms with van der Waals surface area (Å²) in [5.74, 6) is -0.979. The number of aliphatic carboxylic acids is 1. The molecule has 1 heterocycles. The van der Waals surface area contributed by atoms with E-state index in [4.69, 9.17) is 28.3 Å². The fourth-order valence-corrected chi connectivity index (χ4v) is 1.46. The second-order valence-electron chi connectivity index (χ2n) is 2.65. The van der Waals surface area contributed by atoms with Crippen LogP contribution in [0.5, 0.6) is 0 Å². The van der Waals surface area contributed by atoms with E-state index < -0.39 is 11.5 Å². The number of carboxylic acid groups (broad SMARTS) is 1. The lowest BCUT2D eigenvalue weighted by atomic mass is 10.4. The predicted molar refractivity (Wildman–Crippen MR) is 53.0 cm³/mol. The number of nitrogens with zero attached hydrogens (tertiary/aromatic N) is 1. The Labute approximate surface area is 89.7 Å². The molecular weight excluding hydrogens is 229 g/mol. The van der Waals surface area contributed by atoms with Gasteiger partial charge in [0.2, 0.25) is 0 Å². The number of rotatable bonds is 3. The number of halogens is 2. The van der Waals surface area contributed by atoms with E-state index in [-0.39, 0.29) is 18.0 Å². The van der Waals surface area contributed by atoms with Gasteiger partial charge in [0, 0.05) is 12.7 Å². The van der Waals surface area contributed by atoms with Gasteiger partial charge in [0.25, 0.3) is 5.56 Å². The number of carboxylic acids is 1. The first-order chi connectivity index (χ1) is 6.50. The zero-order valence-electron chi connectivity index (χ0n) is 7.04. The van der Waals surface area contributed by atoms with Crippen molar-refractivity contribution in [1.29, 1.82) is 0 Å². The van der Waals surface area contributed by atoms with Gasteiger partial charge in [-0.3, -0.25) is 9.59 Å². The van der Waals surface area contributed by atoms with Crippen LogP contribution in [0.4, 0.5) is 0 Å². The van der Waals surface area contributed by atoms with E-state index in [2.05, 4.69) is 0 Å². The molecule has 0 aliphatic rings. The van der Waals surface area contributed by atoms with Gasteiger partial charge in [-0.25, -0.2) is 0 Å². The fourth-order valence-electron chi connectivity index (χ4n) is 0.947. The Bertz CT molecular complexity index is 414. The second-order valence-corrected chi connectivity index (χ2v) is 3.49. The first-order valence-corrected chi connectivity index (χ1v) is 4.53. The van der Waals surface area contributed by atoms with Gasteiger partial charge in [0.15, 0.2) is 0 Å². The Hall–Kier alpha value is -1.00. The molecule has 0 aliphatic heterocycles. The third kappa shape index (κ3) is 2.75. The molecule has 0 atom stereocenters. The van der Waals surface area contributed by atoms with Gasteiger partial charge in [-0.1, -0.05) is 23.2 Å². The van der Waals surface area contributed by atoms with E-state index in [1.807, 2.05) is 0 Å². The highest BCUT2D eigenvalue weighted by atomic mass is 35.5. The molecular formula is C8H7Cl2NO3. The van der Waals surface area contributed by atoms with Crippen LogP contribution < -0.4 is 5.56 Å². The molecule has 6 heteroatoms. The van der Waals surface area contributed by atoms with Crippen molar-refractivity contribution in [3.05, 3.63) is 32.7 Å². The van der Waals surface area contributed by atoms with Crippen molar-refractivity contribution < 1.29 is 9.90 Å². The van der Waals surface area contributed by atoms with Crippen LogP contribution in [0.25, 0.3) is 0 Å². The van der Waals surface area contributed by atoms with Gasteiger partial charge in [0.1, 0.15) is 5.02 Å². The molecule has 0 aliphatic carbocycles. The lowest BCUT2D eigenvalue weighted by Crippen LogP contribution is -2.21. The molecule has 0 saturated carbocycles. The Morgan fingerprint density at radius 1 is 1.50 bits per heavy atom. The molecule has 0 aromatic carbocycles.